The van der Waals surface area contributed by atoms with Crippen LogP contribution in [0, 0.1) is 17.6 Å². The van der Waals surface area contributed by atoms with E-state index in [0.717, 1.165) is 27.8 Å². The Morgan fingerprint density at radius 3 is 1.86 bits per heavy atom. The van der Waals surface area contributed by atoms with Gasteiger partial charge in [0.05, 0.1) is 29.3 Å². The maximum Gasteiger partial charge on any atom is 0.494 e. The molecule has 4 atom stereocenters. The summed E-state index contributed by atoms with van der Waals surface area (Å²) in [6.07, 6.45) is -0.455. The lowest BCUT2D eigenvalue weighted by molar-refractivity contribution is -0.134. The number of hydrogen-bond donors (Lipinski definition) is 0. The van der Waals surface area contributed by atoms with E-state index in [1.54, 1.807) is 24.3 Å². The van der Waals surface area contributed by atoms with Crippen LogP contribution in [0.5, 0.6) is 0 Å². The van der Waals surface area contributed by atoms with Gasteiger partial charge in [0.2, 0.25) is 5.91 Å². The summed E-state index contributed by atoms with van der Waals surface area (Å²) in [5.74, 6) is -1.93. The van der Waals surface area contributed by atoms with E-state index in [9.17, 15) is 13.6 Å². The summed E-state index contributed by atoms with van der Waals surface area (Å²) in [7, 11) is -5.24. The lowest BCUT2D eigenvalue weighted by Gasteiger charge is -2.47. The zero-order chi connectivity index (χ0) is 42.2. The quantitative estimate of drug-likeness (QED) is 0.117. The second kappa shape index (κ2) is 16.8. The molecule has 58 heavy (non-hydrogen) atoms. The van der Waals surface area contributed by atoms with E-state index in [0.29, 0.717) is 12.8 Å². The van der Waals surface area contributed by atoms with Crippen molar-refractivity contribution in [3.63, 3.8) is 0 Å². The van der Waals surface area contributed by atoms with Crippen LogP contribution in [-0.4, -0.2) is 58.4 Å². The molecule has 0 spiro atoms. The summed E-state index contributed by atoms with van der Waals surface area (Å²) < 4.78 is 56.3. The molecule has 1 unspecified atom stereocenters. The van der Waals surface area contributed by atoms with Gasteiger partial charge in [-0.05, 0) is 119 Å². The van der Waals surface area contributed by atoms with Gasteiger partial charge in [-0.15, -0.1) is 0 Å². The monoisotopic (exact) mass is 826 g/mol. The first-order valence-corrected chi connectivity index (χ1v) is 27.0. The molecule has 0 N–H and O–H groups in total. The van der Waals surface area contributed by atoms with Gasteiger partial charge in [0.15, 0.2) is 8.32 Å². The molecule has 2 aliphatic rings. The Hall–Kier alpha value is -4.14. The molecule has 8 nitrogen and oxygen atoms in total. The lowest BCUT2D eigenvalue weighted by atomic mass is 9.77. The number of amides is 2. The Balaban J connectivity index is 1.51. The van der Waals surface area contributed by atoms with Gasteiger partial charge < -0.3 is 23.0 Å². The van der Waals surface area contributed by atoms with Crippen LogP contribution in [0.2, 0.25) is 39.3 Å². The molecule has 2 saturated heterocycles. The van der Waals surface area contributed by atoms with Crippen LogP contribution in [0.15, 0.2) is 103 Å². The number of carbonyl (C=O) groups is 2. The predicted octanol–water partition coefficient (Wildman–Crippen LogP) is 10.4. The number of rotatable bonds is 14. The molecule has 0 bridgehead atoms. The highest BCUT2D eigenvalue weighted by Crippen LogP contribution is 2.44. The number of hydrogen-bond acceptors (Lipinski definition) is 7. The average molecular weight is 827 g/mol. The average Bonchev–Trinajstić information content (AvgIpc) is 3.64. The van der Waals surface area contributed by atoms with E-state index >= 15 is 4.79 Å². The van der Waals surface area contributed by atoms with Crippen LogP contribution < -0.4 is 10.0 Å². The Bertz CT molecular complexity index is 2030. The molecule has 0 aromatic heterocycles. The fourth-order valence-electron chi connectivity index (χ4n) is 7.87. The molecule has 2 aliphatic heterocycles. The summed E-state index contributed by atoms with van der Waals surface area (Å²) in [6, 6.07) is 28.9. The highest BCUT2D eigenvalue weighted by molar-refractivity contribution is 6.79. The molecule has 2 fully saturated rings. The fraction of sp³-hybridized carbons (Fsp3) is 0.422. The normalized spacial score (nSPS) is 19.4. The lowest BCUT2D eigenvalue weighted by Crippen LogP contribution is -2.53. The van der Waals surface area contributed by atoms with Crippen molar-refractivity contribution in [1.29, 1.82) is 0 Å². The summed E-state index contributed by atoms with van der Waals surface area (Å²) in [4.78, 5) is 30.7. The van der Waals surface area contributed by atoms with Crippen molar-refractivity contribution in [2.45, 2.75) is 109 Å². The number of anilines is 1. The first-order chi connectivity index (χ1) is 27.1. The Labute approximate surface area is 345 Å². The topological polar surface area (TPSA) is 77.5 Å². The molecule has 2 amide bonds. The van der Waals surface area contributed by atoms with Gasteiger partial charge in [0.1, 0.15) is 32.5 Å². The Morgan fingerprint density at radius 1 is 0.793 bits per heavy atom. The molecule has 13 heteroatoms. The number of imide groups is 1. The van der Waals surface area contributed by atoms with Gasteiger partial charge in [-0.3, -0.25) is 4.79 Å². The number of cyclic esters (lactones) is 1. The van der Waals surface area contributed by atoms with E-state index in [-0.39, 0.29) is 24.1 Å². The van der Waals surface area contributed by atoms with Crippen LogP contribution in [-0.2, 0) is 23.3 Å². The number of halogens is 2. The zero-order valence-electron chi connectivity index (χ0n) is 35.4. The highest BCUT2D eigenvalue weighted by atomic mass is 28.4. The fourth-order valence-corrected chi connectivity index (χ4v) is 11.1. The van der Waals surface area contributed by atoms with E-state index in [2.05, 4.69) is 43.8 Å². The number of benzene rings is 4. The third kappa shape index (κ3) is 9.66. The molecule has 0 aliphatic carbocycles. The molecule has 0 radical (unpaired) electrons. The van der Waals surface area contributed by atoms with E-state index in [1.165, 1.54) is 29.2 Å². The Kier molecular flexibility index (Phi) is 12.6. The van der Waals surface area contributed by atoms with E-state index in [1.807, 2.05) is 82.3 Å². The van der Waals surface area contributed by atoms with Crippen molar-refractivity contribution in [3.05, 3.63) is 131 Å². The minimum absolute atomic E-state index is 0.0292. The second-order valence-electron chi connectivity index (χ2n) is 18.4. The van der Waals surface area contributed by atoms with E-state index in [4.69, 9.17) is 18.5 Å². The molecule has 2 heterocycles. The first kappa shape index (κ1) is 43.4. The van der Waals surface area contributed by atoms with Crippen LogP contribution in [0.4, 0.5) is 19.3 Å². The maximum atomic E-state index is 15.6. The van der Waals surface area contributed by atoms with Crippen LogP contribution in [0.1, 0.15) is 75.4 Å². The van der Waals surface area contributed by atoms with Gasteiger partial charge in [-0.25, -0.2) is 18.5 Å². The highest BCUT2D eigenvalue weighted by Gasteiger charge is 2.52. The maximum absolute atomic E-state index is 15.6. The molecule has 4 aromatic carbocycles. The van der Waals surface area contributed by atoms with E-state index < -0.39 is 65.1 Å². The smallest absolute Gasteiger partial charge is 0.446 e. The number of nitrogens with zero attached hydrogens (tertiary/aromatic N) is 2. The minimum Gasteiger partial charge on any atom is -0.446 e. The predicted molar refractivity (Wildman–Crippen MR) is 231 cm³/mol. The van der Waals surface area contributed by atoms with Crippen molar-refractivity contribution in [3.8, 4) is 0 Å². The van der Waals surface area contributed by atoms with Crippen molar-refractivity contribution >= 4 is 46.8 Å². The van der Waals surface area contributed by atoms with Crippen molar-refractivity contribution in [2.75, 3.05) is 11.2 Å². The SMILES string of the molecule is CC1(C)OB(c2ccc([C@H]([C@@H](CC[C@H](O[Si](C)(C)C)c3ccc(F)cc3)C(=O)N3C(=O)OCC3c3ccccc3)N(c3ccc(F)cc3)[Si](C)(C)C)cc2)OC1(C)C. The van der Waals surface area contributed by atoms with Gasteiger partial charge >= 0.3 is 13.2 Å². The van der Waals surface area contributed by atoms with Gasteiger partial charge in [0, 0.05) is 5.69 Å². The largest absolute Gasteiger partial charge is 0.494 e. The molecular formula is C45H57BF2N2O6Si2. The molecule has 4 aromatic rings. The number of carbonyl (C=O) groups excluding carboxylic acids is 2. The van der Waals surface area contributed by atoms with Gasteiger partial charge in [-0.2, -0.15) is 0 Å². The van der Waals surface area contributed by atoms with Crippen LogP contribution in [0.3, 0.4) is 0 Å². The standard InChI is InChI=1S/C45H57BF2N2O6Si2/c1-44(2)45(3,4)56-46(55-44)34-20-16-33(17-21-34)41(50(57(5,6)7)37-26-24-36(48)25-27-37)38(28-29-40(54-58(8,9)10)32-18-22-35(47)23-19-32)42(51)49-39(30-53-43(49)52)31-14-12-11-13-15-31/h11-27,38-41H,28-30H2,1-10H3/t38-,39?,40+,41-/m1/s1. The summed E-state index contributed by atoms with van der Waals surface area (Å²) in [6.45, 7) is 21.0. The van der Waals surface area contributed by atoms with Crippen molar-refractivity contribution < 1.29 is 36.8 Å². The van der Waals surface area contributed by atoms with Crippen molar-refractivity contribution in [2.24, 2.45) is 5.92 Å². The zero-order valence-corrected chi connectivity index (χ0v) is 37.4. The first-order valence-electron chi connectivity index (χ1n) is 20.1. The molecule has 308 valence electrons. The number of ether oxygens (including phenoxy) is 1. The van der Waals surface area contributed by atoms with Gasteiger partial charge in [-0.1, -0.05) is 86.4 Å². The summed E-state index contributed by atoms with van der Waals surface area (Å²) >= 11 is 0. The van der Waals surface area contributed by atoms with Crippen LogP contribution in [0.25, 0.3) is 0 Å². The Morgan fingerprint density at radius 2 is 1.33 bits per heavy atom. The summed E-state index contributed by atoms with van der Waals surface area (Å²) in [5.41, 5.74) is 2.95. The second-order valence-corrected chi connectivity index (χ2v) is 27.7. The molecule has 0 saturated carbocycles. The molecular weight excluding hydrogens is 769 g/mol. The third-order valence-electron chi connectivity index (χ3n) is 11.4. The minimum atomic E-state index is -2.47. The van der Waals surface area contributed by atoms with Crippen LogP contribution >= 0.6 is 0 Å². The third-order valence-corrected chi connectivity index (χ3v) is 14.4. The van der Waals surface area contributed by atoms with Gasteiger partial charge in [0.25, 0.3) is 0 Å². The van der Waals surface area contributed by atoms with Crippen molar-refractivity contribution in [1.82, 2.24) is 4.90 Å². The molecule has 6 rings (SSSR count). The summed E-state index contributed by atoms with van der Waals surface area (Å²) in [5, 5.41) is 0.